The number of carbonyl (C=O) groups is 1. The fourth-order valence-electron chi connectivity index (χ4n) is 2.24. The zero-order valence-electron chi connectivity index (χ0n) is 9.94. The summed E-state index contributed by atoms with van der Waals surface area (Å²) < 4.78 is 0. The topological polar surface area (TPSA) is 43.8 Å². The molecule has 1 heterocycles. The first kappa shape index (κ1) is 12.5. The van der Waals surface area contributed by atoms with Crippen LogP contribution in [0.1, 0.15) is 26.2 Å². The lowest BCUT2D eigenvalue weighted by atomic mass is 10.0. The molecule has 88 valence electrons. The highest BCUT2D eigenvalue weighted by Crippen LogP contribution is 2.19. The van der Waals surface area contributed by atoms with E-state index < -0.39 is 0 Å². The van der Waals surface area contributed by atoms with E-state index in [9.17, 15) is 9.90 Å². The summed E-state index contributed by atoms with van der Waals surface area (Å²) >= 11 is 0. The van der Waals surface area contributed by atoms with Gasteiger partial charge >= 0.3 is 0 Å². The van der Waals surface area contributed by atoms with Crippen LogP contribution in [0.5, 0.6) is 0 Å². The zero-order chi connectivity index (χ0) is 11.4. The van der Waals surface area contributed by atoms with Gasteiger partial charge in [0.1, 0.15) is 0 Å². The Morgan fingerprint density at radius 1 is 1.53 bits per heavy atom. The zero-order valence-corrected chi connectivity index (χ0v) is 9.94. The molecule has 0 saturated carbocycles. The number of hydrogen-bond acceptors (Lipinski definition) is 3. The maximum Gasteiger partial charge on any atom is 0.239 e. The first-order valence-corrected chi connectivity index (χ1v) is 5.65. The van der Waals surface area contributed by atoms with Gasteiger partial charge in [0, 0.05) is 20.1 Å². The van der Waals surface area contributed by atoms with Crippen molar-refractivity contribution in [2.24, 2.45) is 0 Å². The molecule has 0 aromatic rings. The summed E-state index contributed by atoms with van der Waals surface area (Å²) in [6.07, 6.45) is 3.29. The molecular weight excluding hydrogens is 192 g/mol. The van der Waals surface area contributed by atoms with Crippen LogP contribution in [-0.4, -0.2) is 60.1 Å². The van der Waals surface area contributed by atoms with Crippen molar-refractivity contribution in [2.75, 3.05) is 27.2 Å². The smallest absolute Gasteiger partial charge is 0.239 e. The van der Waals surface area contributed by atoms with Crippen molar-refractivity contribution in [3.05, 3.63) is 0 Å². The van der Waals surface area contributed by atoms with Crippen molar-refractivity contribution in [1.82, 2.24) is 9.80 Å². The predicted molar refractivity (Wildman–Crippen MR) is 59.6 cm³/mol. The SMILES string of the molecule is CC(C(=O)N(C)C)N1CCCCC1CO. The first-order chi connectivity index (χ1) is 7.07. The number of likely N-dealkylation sites (tertiary alicyclic amines) is 1. The molecule has 2 atom stereocenters. The molecular formula is C11H22N2O2. The van der Waals surface area contributed by atoms with E-state index in [1.54, 1.807) is 19.0 Å². The standard InChI is InChI=1S/C11H22N2O2/c1-9(11(15)12(2)3)13-7-5-4-6-10(13)8-14/h9-10,14H,4-8H2,1-3H3. The molecule has 0 bridgehead atoms. The van der Waals surface area contributed by atoms with Crippen molar-refractivity contribution in [3.63, 3.8) is 0 Å². The van der Waals surface area contributed by atoms with Gasteiger partial charge < -0.3 is 10.0 Å². The third-order valence-corrected chi connectivity index (χ3v) is 3.18. The normalized spacial score (nSPS) is 24.9. The van der Waals surface area contributed by atoms with Gasteiger partial charge in [0.15, 0.2) is 0 Å². The molecule has 1 rings (SSSR count). The highest BCUT2D eigenvalue weighted by molar-refractivity contribution is 5.81. The Labute approximate surface area is 91.9 Å². The van der Waals surface area contributed by atoms with Crippen LogP contribution >= 0.6 is 0 Å². The second-order valence-electron chi connectivity index (χ2n) is 4.48. The van der Waals surface area contributed by atoms with Crippen LogP contribution < -0.4 is 0 Å². The van der Waals surface area contributed by atoms with Gasteiger partial charge in [-0.3, -0.25) is 9.69 Å². The van der Waals surface area contributed by atoms with Crippen LogP contribution in [0.25, 0.3) is 0 Å². The Balaban J connectivity index is 2.63. The molecule has 4 heteroatoms. The minimum absolute atomic E-state index is 0.113. The highest BCUT2D eigenvalue weighted by atomic mass is 16.3. The van der Waals surface area contributed by atoms with Gasteiger partial charge in [0.25, 0.3) is 0 Å². The first-order valence-electron chi connectivity index (χ1n) is 5.65. The molecule has 4 nitrogen and oxygen atoms in total. The van der Waals surface area contributed by atoms with Crippen LogP contribution in [0.3, 0.4) is 0 Å². The van der Waals surface area contributed by atoms with E-state index in [1.165, 1.54) is 0 Å². The third kappa shape index (κ3) is 2.92. The molecule has 1 saturated heterocycles. The summed E-state index contributed by atoms with van der Waals surface area (Å²) in [5, 5.41) is 9.26. The van der Waals surface area contributed by atoms with Crippen molar-refractivity contribution in [1.29, 1.82) is 0 Å². The molecule has 0 radical (unpaired) electrons. The summed E-state index contributed by atoms with van der Waals surface area (Å²) in [7, 11) is 3.55. The quantitative estimate of drug-likeness (QED) is 0.735. The summed E-state index contributed by atoms with van der Waals surface area (Å²) in [6, 6.07) is 0.0510. The molecule has 1 aliphatic heterocycles. The second-order valence-corrected chi connectivity index (χ2v) is 4.48. The van der Waals surface area contributed by atoms with Crippen LogP contribution in [0, 0.1) is 0 Å². The van der Waals surface area contributed by atoms with Crippen LogP contribution in [-0.2, 0) is 4.79 Å². The minimum Gasteiger partial charge on any atom is -0.395 e. The number of hydrogen-bond donors (Lipinski definition) is 1. The van der Waals surface area contributed by atoms with E-state index >= 15 is 0 Å². The van der Waals surface area contributed by atoms with Gasteiger partial charge in [0.05, 0.1) is 12.6 Å². The summed E-state index contributed by atoms with van der Waals surface area (Å²) in [5.74, 6) is 0.121. The monoisotopic (exact) mass is 214 g/mol. The number of carbonyl (C=O) groups excluding carboxylic acids is 1. The van der Waals surface area contributed by atoms with Crippen LogP contribution in [0.4, 0.5) is 0 Å². The Hall–Kier alpha value is -0.610. The number of amides is 1. The maximum absolute atomic E-state index is 11.8. The molecule has 0 aliphatic carbocycles. The van der Waals surface area contributed by atoms with E-state index in [1.807, 2.05) is 6.92 Å². The van der Waals surface area contributed by atoms with E-state index in [2.05, 4.69) is 4.90 Å². The van der Waals surface area contributed by atoms with Gasteiger partial charge in [0.2, 0.25) is 5.91 Å². The van der Waals surface area contributed by atoms with Crippen LogP contribution in [0.2, 0.25) is 0 Å². The number of aliphatic hydroxyl groups excluding tert-OH is 1. The number of piperidine rings is 1. The van der Waals surface area contributed by atoms with Crippen molar-refractivity contribution >= 4 is 5.91 Å². The summed E-state index contributed by atoms with van der Waals surface area (Å²) in [6.45, 7) is 3.01. The van der Waals surface area contributed by atoms with E-state index in [0.29, 0.717) is 0 Å². The van der Waals surface area contributed by atoms with Crippen molar-refractivity contribution in [2.45, 2.75) is 38.3 Å². The van der Waals surface area contributed by atoms with Crippen LogP contribution in [0.15, 0.2) is 0 Å². The van der Waals surface area contributed by atoms with E-state index in [0.717, 1.165) is 25.8 Å². The Kier molecular flexibility index (Phi) is 4.54. The Morgan fingerprint density at radius 2 is 2.20 bits per heavy atom. The Bertz CT molecular complexity index is 219. The van der Waals surface area contributed by atoms with Crippen molar-refractivity contribution in [3.8, 4) is 0 Å². The molecule has 1 amide bonds. The second kappa shape index (κ2) is 5.47. The fourth-order valence-corrected chi connectivity index (χ4v) is 2.24. The van der Waals surface area contributed by atoms with Gasteiger partial charge in [-0.2, -0.15) is 0 Å². The highest BCUT2D eigenvalue weighted by Gasteiger charge is 2.30. The third-order valence-electron chi connectivity index (χ3n) is 3.18. The summed E-state index contributed by atoms with van der Waals surface area (Å²) in [5.41, 5.74) is 0. The van der Waals surface area contributed by atoms with E-state index in [4.69, 9.17) is 0 Å². The molecule has 15 heavy (non-hydrogen) atoms. The molecule has 1 aliphatic rings. The predicted octanol–water partition coefficient (Wildman–Crippen LogP) is 0.310. The lowest BCUT2D eigenvalue weighted by molar-refractivity contribution is -0.135. The molecule has 0 spiro atoms. The van der Waals surface area contributed by atoms with Gasteiger partial charge in [-0.25, -0.2) is 0 Å². The fraction of sp³-hybridized carbons (Fsp3) is 0.909. The summed E-state index contributed by atoms with van der Waals surface area (Å²) in [4.78, 5) is 15.6. The van der Waals surface area contributed by atoms with E-state index in [-0.39, 0.29) is 24.6 Å². The molecule has 1 N–H and O–H groups in total. The molecule has 0 aromatic carbocycles. The number of rotatable bonds is 3. The van der Waals surface area contributed by atoms with Gasteiger partial charge in [-0.15, -0.1) is 0 Å². The van der Waals surface area contributed by atoms with Gasteiger partial charge in [-0.05, 0) is 26.3 Å². The van der Waals surface area contributed by atoms with Gasteiger partial charge in [-0.1, -0.05) is 6.42 Å². The average Bonchev–Trinajstić information content (AvgIpc) is 2.26. The van der Waals surface area contributed by atoms with Crippen molar-refractivity contribution < 1.29 is 9.90 Å². The largest absolute Gasteiger partial charge is 0.395 e. The number of nitrogens with zero attached hydrogens (tertiary/aromatic N) is 2. The Morgan fingerprint density at radius 3 is 2.73 bits per heavy atom. The number of likely N-dealkylation sites (N-methyl/N-ethyl adjacent to an activating group) is 1. The lowest BCUT2D eigenvalue weighted by Gasteiger charge is -2.38. The molecule has 2 unspecified atom stereocenters. The molecule has 0 aromatic heterocycles. The number of aliphatic hydroxyl groups is 1. The average molecular weight is 214 g/mol. The lowest BCUT2D eigenvalue weighted by Crippen LogP contribution is -2.52. The minimum atomic E-state index is -0.113. The molecule has 1 fully saturated rings. The maximum atomic E-state index is 11.8.